The lowest BCUT2D eigenvalue weighted by atomic mass is 10.1. The Morgan fingerprint density at radius 1 is 1.30 bits per heavy atom. The molecular weight excluding hydrogens is 296 g/mol. The van der Waals surface area contributed by atoms with Crippen LogP contribution in [0.2, 0.25) is 0 Å². The van der Waals surface area contributed by atoms with Gasteiger partial charge < -0.3 is 14.5 Å². The molecular formula is C15H20N6O2. The Labute approximate surface area is 134 Å². The number of rotatable bonds is 3. The molecule has 1 aliphatic heterocycles. The number of benzene rings is 1. The zero-order chi connectivity index (χ0) is 16.2. The molecule has 8 nitrogen and oxygen atoms in total. The van der Waals surface area contributed by atoms with Crippen molar-refractivity contribution in [1.29, 1.82) is 0 Å². The van der Waals surface area contributed by atoms with Gasteiger partial charge in [-0.25, -0.2) is 4.79 Å². The summed E-state index contributed by atoms with van der Waals surface area (Å²) >= 11 is 0. The second kappa shape index (κ2) is 6.64. The Morgan fingerprint density at radius 3 is 2.83 bits per heavy atom. The van der Waals surface area contributed by atoms with E-state index in [2.05, 4.69) is 20.4 Å². The normalized spacial score (nSPS) is 17.8. The SMILES string of the molecule is CN(C)C(=O)OC1CCCN(c2nnnn2-c2ccccc2)C1. The van der Waals surface area contributed by atoms with Gasteiger partial charge in [0, 0.05) is 20.6 Å². The third-order valence-electron chi connectivity index (χ3n) is 3.75. The van der Waals surface area contributed by atoms with Crippen LogP contribution < -0.4 is 4.90 Å². The predicted octanol–water partition coefficient (Wildman–Crippen LogP) is 1.33. The van der Waals surface area contributed by atoms with Crippen LogP contribution in [0.4, 0.5) is 10.7 Å². The second-order valence-electron chi connectivity index (χ2n) is 5.71. The first-order valence-electron chi connectivity index (χ1n) is 7.62. The molecule has 1 atom stereocenters. The summed E-state index contributed by atoms with van der Waals surface area (Å²) < 4.78 is 7.20. The van der Waals surface area contributed by atoms with Crippen molar-refractivity contribution in [1.82, 2.24) is 25.1 Å². The van der Waals surface area contributed by atoms with Crippen molar-refractivity contribution in [3.8, 4) is 5.69 Å². The fraction of sp³-hybridized carbons (Fsp3) is 0.467. The number of ether oxygens (including phenoxy) is 1. The maximum atomic E-state index is 11.7. The molecule has 2 heterocycles. The van der Waals surface area contributed by atoms with E-state index in [1.165, 1.54) is 4.90 Å². The number of carbonyl (C=O) groups excluding carboxylic acids is 1. The molecule has 0 spiro atoms. The van der Waals surface area contributed by atoms with Crippen LogP contribution in [0, 0.1) is 0 Å². The van der Waals surface area contributed by atoms with Crippen LogP contribution in [-0.4, -0.2) is 64.5 Å². The van der Waals surface area contributed by atoms with Gasteiger partial charge in [0.2, 0.25) is 5.95 Å². The highest BCUT2D eigenvalue weighted by molar-refractivity contribution is 5.67. The largest absolute Gasteiger partial charge is 0.444 e. The summed E-state index contributed by atoms with van der Waals surface area (Å²) in [6, 6.07) is 9.74. The molecule has 1 amide bonds. The van der Waals surface area contributed by atoms with E-state index in [1.807, 2.05) is 30.3 Å². The molecule has 0 bridgehead atoms. The molecule has 122 valence electrons. The number of hydrogen-bond acceptors (Lipinski definition) is 6. The number of nitrogens with zero attached hydrogens (tertiary/aromatic N) is 6. The van der Waals surface area contributed by atoms with Gasteiger partial charge >= 0.3 is 6.09 Å². The molecule has 1 aromatic carbocycles. The summed E-state index contributed by atoms with van der Waals surface area (Å²) in [5, 5.41) is 12.0. The smallest absolute Gasteiger partial charge is 0.409 e. The van der Waals surface area contributed by atoms with Crippen molar-refractivity contribution >= 4 is 12.0 Å². The zero-order valence-corrected chi connectivity index (χ0v) is 13.3. The molecule has 3 rings (SSSR count). The molecule has 8 heteroatoms. The van der Waals surface area contributed by atoms with E-state index in [1.54, 1.807) is 18.8 Å². The molecule has 1 unspecified atom stereocenters. The fourth-order valence-corrected chi connectivity index (χ4v) is 2.58. The van der Waals surface area contributed by atoms with Gasteiger partial charge in [0.25, 0.3) is 0 Å². The third-order valence-corrected chi connectivity index (χ3v) is 3.75. The molecule has 23 heavy (non-hydrogen) atoms. The Kier molecular flexibility index (Phi) is 4.40. The highest BCUT2D eigenvalue weighted by atomic mass is 16.6. The van der Waals surface area contributed by atoms with Gasteiger partial charge in [-0.05, 0) is 35.4 Å². The molecule has 0 aliphatic carbocycles. The quantitative estimate of drug-likeness (QED) is 0.850. The Hall–Kier alpha value is -2.64. The van der Waals surface area contributed by atoms with Gasteiger partial charge in [-0.15, -0.1) is 0 Å². The van der Waals surface area contributed by atoms with E-state index in [9.17, 15) is 4.79 Å². The van der Waals surface area contributed by atoms with Crippen molar-refractivity contribution in [2.75, 3.05) is 32.1 Å². The van der Waals surface area contributed by atoms with E-state index in [0.29, 0.717) is 12.5 Å². The van der Waals surface area contributed by atoms with E-state index >= 15 is 0 Å². The monoisotopic (exact) mass is 316 g/mol. The van der Waals surface area contributed by atoms with Crippen molar-refractivity contribution in [2.24, 2.45) is 0 Å². The van der Waals surface area contributed by atoms with E-state index in [-0.39, 0.29) is 12.2 Å². The van der Waals surface area contributed by atoms with Gasteiger partial charge in [-0.1, -0.05) is 23.3 Å². The number of aromatic nitrogens is 4. The van der Waals surface area contributed by atoms with E-state index in [4.69, 9.17) is 4.74 Å². The standard InChI is InChI=1S/C15H20N6O2/c1-19(2)15(22)23-13-9-6-10-20(11-13)14-16-17-18-21(14)12-7-4-3-5-8-12/h3-5,7-8,13H,6,9-11H2,1-2H3. The second-order valence-corrected chi connectivity index (χ2v) is 5.71. The molecule has 1 aliphatic rings. The predicted molar refractivity (Wildman–Crippen MR) is 84.6 cm³/mol. The van der Waals surface area contributed by atoms with Crippen molar-refractivity contribution in [3.05, 3.63) is 30.3 Å². The van der Waals surface area contributed by atoms with E-state index in [0.717, 1.165) is 25.1 Å². The maximum Gasteiger partial charge on any atom is 0.409 e. The first-order valence-corrected chi connectivity index (χ1v) is 7.62. The Balaban J connectivity index is 1.75. The molecule has 1 aromatic heterocycles. The van der Waals surface area contributed by atoms with E-state index < -0.39 is 0 Å². The van der Waals surface area contributed by atoms with Gasteiger partial charge in [0.1, 0.15) is 6.10 Å². The lowest BCUT2D eigenvalue weighted by Gasteiger charge is -2.32. The van der Waals surface area contributed by atoms with Crippen LogP contribution in [0.5, 0.6) is 0 Å². The first-order chi connectivity index (χ1) is 11.1. The summed E-state index contributed by atoms with van der Waals surface area (Å²) in [6.07, 6.45) is 1.30. The first kappa shape index (κ1) is 15.3. The van der Waals surface area contributed by atoms with Gasteiger partial charge in [0.15, 0.2) is 0 Å². The number of hydrogen-bond donors (Lipinski definition) is 0. The minimum Gasteiger partial charge on any atom is -0.444 e. The number of piperidine rings is 1. The summed E-state index contributed by atoms with van der Waals surface area (Å²) in [7, 11) is 3.36. The minimum atomic E-state index is -0.320. The fourth-order valence-electron chi connectivity index (χ4n) is 2.58. The average Bonchev–Trinajstić information content (AvgIpc) is 3.05. The number of amides is 1. The molecule has 0 saturated carbocycles. The molecule has 0 N–H and O–H groups in total. The molecule has 1 saturated heterocycles. The van der Waals surface area contributed by atoms with Gasteiger partial charge in [-0.2, -0.15) is 4.68 Å². The third kappa shape index (κ3) is 3.41. The number of para-hydroxylation sites is 1. The maximum absolute atomic E-state index is 11.7. The van der Waals surface area contributed by atoms with Crippen LogP contribution in [0.1, 0.15) is 12.8 Å². The van der Waals surface area contributed by atoms with Crippen LogP contribution in [-0.2, 0) is 4.74 Å². The van der Waals surface area contributed by atoms with Crippen LogP contribution in [0.3, 0.4) is 0 Å². The topological polar surface area (TPSA) is 76.4 Å². The lowest BCUT2D eigenvalue weighted by molar-refractivity contribution is 0.0668. The molecule has 2 aromatic rings. The Bertz CT molecular complexity index is 657. The van der Waals surface area contributed by atoms with Crippen molar-refractivity contribution in [2.45, 2.75) is 18.9 Å². The van der Waals surface area contributed by atoms with Crippen LogP contribution in [0.25, 0.3) is 5.69 Å². The van der Waals surface area contributed by atoms with Crippen molar-refractivity contribution < 1.29 is 9.53 Å². The zero-order valence-electron chi connectivity index (χ0n) is 13.3. The minimum absolute atomic E-state index is 0.153. The number of anilines is 1. The summed E-state index contributed by atoms with van der Waals surface area (Å²) in [6.45, 7) is 1.43. The molecule has 0 radical (unpaired) electrons. The average molecular weight is 316 g/mol. The van der Waals surface area contributed by atoms with Gasteiger partial charge in [-0.3, -0.25) is 0 Å². The van der Waals surface area contributed by atoms with Crippen molar-refractivity contribution in [3.63, 3.8) is 0 Å². The van der Waals surface area contributed by atoms with Crippen LogP contribution in [0.15, 0.2) is 30.3 Å². The summed E-state index contributed by atoms with van der Waals surface area (Å²) in [4.78, 5) is 15.2. The van der Waals surface area contributed by atoms with Gasteiger partial charge in [0.05, 0.1) is 12.2 Å². The molecule has 1 fully saturated rings. The summed E-state index contributed by atoms with van der Waals surface area (Å²) in [5.74, 6) is 0.668. The number of tetrazole rings is 1. The summed E-state index contributed by atoms with van der Waals surface area (Å²) in [5.41, 5.74) is 0.903. The highest BCUT2D eigenvalue weighted by Gasteiger charge is 2.27. The Morgan fingerprint density at radius 2 is 2.09 bits per heavy atom. The van der Waals surface area contributed by atoms with Crippen LogP contribution >= 0.6 is 0 Å². The lowest BCUT2D eigenvalue weighted by Crippen LogP contribution is -2.43. The number of carbonyl (C=O) groups is 1. The highest BCUT2D eigenvalue weighted by Crippen LogP contribution is 2.21.